The lowest BCUT2D eigenvalue weighted by Crippen LogP contribution is -2.33. The monoisotopic (exact) mass is 404 g/mol. The molecule has 28 heavy (non-hydrogen) atoms. The predicted octanol–water partition coefficient (Wildman–Crippen LogP) is 5.26. The number of rotatable bonds is 7. The molecule has 0 atom stereocenters. The van der Waals surface area contributed by atoms with Crippen molar-refractivity contribution in [1.29, 1.82) is 0 Å². The first kappa shape index (κ1) is 20.6. The van der Waals surface area contributed by atoms with Crippen LogP contribution in [0.4, 0.5) is 10.1 Å². The molecule has 1 aliphatic rings. The molecule has 0 heterocycles. The molecule has 0 aliphatic heterocycles. The molecular weight excluding hydrogens is 379 g/mol. The van der Waals surface area contributed by atoms with Gasteiger partial charge < -0.3 is 10.1 Å². The second kappa shape index (κ2) is 9.89. The molecule has 0 bridgehead atoms. The van der Waals surface area contributed by atoms with E-state index in [-0.39, 0.29) is 17.5 Å². The molecule has 1 saturated carbocycles. The summed E-state index contributed by atoms with van der Waals surface area (Å²) in [5, 5.41) is 2.88. The zero-order valence-electron chi connectivity index (χ0n) is 16.1. The van der Waals surface area contributed by atoms with Gasteiger partial charge in [0.1, 0.15) is 11.6 Å². The third-order valence-corrected chi connectivity index (χ3v) is 5.46. The summed E-state index contributed by atoms with van der Waals surface area (Å²) in [5.41, 5.74) is 1.87. The van der Waals surface area contributed by atoms with Gasteiger partial charge in [-0.25, -0.2) is 4.39 Å². The van der Waals surface area contributed by atoms with E-state index in [0.29, 0.717) is 11.8 Å². The second-order valence-electron chi connectivity index (χ2n) is 7.28. The maximum Gasteiger partial charge on any atom is 0.262 e. The lowest BCUT2D eigenvalue weighted by atomic mass is 9.94. The van der Waals surface area contributed by atoms with Gasteiger partial charge in [-0.05, 0) is 43.7 Å². The number of anilines is 1. The summed E-state index contributed by atoms with van der Waals surface area (Å²) < 4.78 is 18.6. The first-order valence-electron chi connectivity index (χ1n) is 9.69. The van der Waals surface area contributed by atoms with Crippen LogP contribution in [0, 0.1) is 5.82 Å². The lowest BCUT2D eigenvalue weighted by molar-refractivity contribution is -0.118. The lowest BCUT2D eigenvalue weighted by Gasteiger charge is -2.31. The first-order valence-corrected chi connectivity index (χ1v) is 10.1. The largest absolute Gasteiger partial charge is 0.484 e. The van der Waals surface area contributed by atoms with E-state index in [1.807, 2.05) is 24.3 Å². The Balaban J connectivity index is 1.57. The first-order chi connectivity index (χ1) is 13.5. The number of halogens is 2. The smallest absolute Gasteiger partial charge is 0.262 e. The summed E-state index contributed by atoms with van der Waals surface area (Å²) in [6, 6.07) is 12.4. The van der Waals surface area contributed by atoms with E-state index >= 15 is 0 Å². The minimum Gasteiger partial charge on any atom is -0.484 e. The van der Waals surface area contributed by atoms with E-state index in [0.717, 1.165) is 17.8 Å². The summed E-state index contributed by atoms with van der Waals surface area (Å²) in [5.74, 6) is -0.436. The van der Waals surface area contributed by atoms with Crippen molar-refractivity contribution in [3.05, 3.63) is 58.9 Å². The number of benzene rings is 2. The highest BCUT2D eigenvalue weighted by atomic mass is 35.5. The molecule has 1 aliphatic carbocycles. The number of para-hydroxylation sites is 1. The van der Waals surface area contributed by atoms with Crippen LogP contribution in [0.15, 0.2) is 42.5 Å². The van der Waals surface area contributed by atoms with Crippen LogP contribution in [0.1, 0.15) is 37.7 Å². The molecule has 0 aromatic heterocycles. The molecular formula is C22H26ClFN2O2. The van der Waals surface area contributed by atoms with E-state index in [1.54, 1.807) is 0 Å². The van der Waals surface area contributed by atoms with Crippen molar-refractivity contribution < 1.29 is 13.9 Å². The Kier molecular flexibility index (Phi) is 7.29. The topological polar surface area (TPSA) is 41.6 Å². The summed E-state index contributed by atoms with van der Waals surface area (Å²) in [6.07, 6.45) is 6.38. The van der Waals surface area contributed by atoms with E-state index in [9.17, 15) is 9.18 Å². The molecule has 0 unspecified atom stereocenters. The number of amides is 1. The molecule has 4 nitrogen and oxygen atoms in total. The van der Waals surface area contributed by atoms with Gasteiger partial charge in [-0.2, -0.15) is 0 Å². The fraction of sp³-hybridized carbons (Fsp3) is 0.409. The summed E-state index contributed by atoms with van der Waals surface area (Å²) in [4.78, 5) is 14.7. The third kappa shape index (κ3) is 5.69. The Morgan fingerprint density at radius 2 is 1.96 bits per heavy atom. The number of carbonyl (C=O) groups is 1. The maximum atomic E-state index is 13.2. The zero-order chi connectivity index (χ0) is 19.9. The Labute approximate surface area is 170 Å². The van der Waals surface area contributed by atoms with Gasteiger partial charge in [0, 0.05) is 24.3 Å². The number of hydrogen-bond acceptors (Lipinski definition) is 3. The van der Waals surface area contributed by atoms with Crippen LogP contribution >= 0.6 is 11.6 Å². The third-order valence-electron chi connectivity index (χ3n) is 5.17. The number of carbonyl (C=O) groups excluding carboxylic acids is 1. The molecule has 1 fully saturated rings. The minimum atomic E-state index is -0.519. The second-order valence-corrected chi connectivity index (χ2v) is 7.68. The van der Waals surface area contributed by atoms with Crippen molar-refractivity contribution in [3.63, 3.8) is 0 Å². The van der Waals surface area contributed by atoms with Gasteiger partial charge in [-0.15, -0.1) is 0 Å². The SMILES string of the molecule is CN(Cc1ccccc1NC(=O)COc1ccc(F)c(Cl)c1)C1CCCCC1. The molecule has 3 rings (SSSR count). The van der Waals surface area contributed by atoms with Crippen molar-refractivity contribution in [2.24, 2.45) is 0 Å². The number of nitrogens with one attached hydrogen (secondary N) is 1. The van der Waals surface area contributed by atoms with Gasteiger partial charge >= 0.3 is 0 Å². The minimum absolute atomic E-state index is 0.0333. The molecule has 6 heteroatoms. The summed E-state index contributed by atoms with van der Waals surface area (Å²) >= 11 is 5.73. The van der Waals surface area contributed by atoms with Crippen LogP contribution in [-0.2, 0) is 11.3 Å². The fourth-order valence-corrected chi connectivity index (χ4v) is 3.77. The Morgan fingerprint density at radius 3 is 2.71 bits per heavy atom. The van der Waals surface area contributed by atoms with Gasteiger partial charge in [-0.1, -0.05) is 49.1 Å². The van der Waals surface area contributed by atoms with Crippen molar-refractivity contribution in [1.82, 2.24) is 4.90 Å². The van der Waals surface area contributed by atoms with E-state index in [2.05, 4.69) is 17.3 Å². The Hall–Kier alpha value is -2.11. The molecule has 1 amide bonds. The average Bonchev–Trinajstić information content (AvgIpc) is 2.71. The Morgan fingerprint density at radius 1 is 1.21 bits per heavy atom. The fourth-order valence-electron chi connectivity index (χ4n) is 3.60. The number of nitrogens with zero attached hydrogens (tertiary/aromatic N) is 1. The molecule has 0 spiro atoms. The standard InChI is InChI=1S/C22H26ClFN2O2/c1-26(17-8-3-2-4-9-17)14-16-7-5-6-10-21(16)25-22(27)15-28-18-11-12-20(24)19(23)13-18/h5-7,10-13,17H,2-4,8-9,14-15H2,1H3,(H,25,27). The van der Waals surface area contributed by atoms with Crippen molar-refractivity contribution in [2.75, 3.05) is 19.0 Å². The van der Waals surface area contributed by atoms with Crippen LogP contribution < -0.4 is 10.1 Å². The van der Waals surface area contributed by atoms with Crippen LogP contribution in [0.3, 0.4) is 0 Å². The summed E-state index contributed by atoms with van der Waals surface area (Å²) in [7, 11) is 2.15. The highest BCUT2D eigenvalue weighted by Crippen LogP contribution is 2.25. The van der Waals surface area contributed by atoms with E-state index in [1.165, 1.54) is 50.3 Å². The highest BCUT2D eigenvalue weighted by Gasteiger charge is 2.19. The van der Waals surface area contributed by atoms with Gasteiger partial charge in [0.05, 0.1) is 5.02 Å². The van der Waals surface area contributed by atoms with Gasteiger partial charge in [0.15, 0.2) is 6.61 Å². The number of hydrogen-bond donors (Lipinski definition) is 1. The average molecular weight is 405 g/mol. The van der Waals surface area contributed by atoms with Crippen molar-refractivity contribution in [2.45, 2.75) is 44.7 Å². The molecule has 1 N–H and O–H groups in total. The molecule has 0 radical (unpaired) electrons. The molecule has 2 aromatic carbocycles. The maximum absolute atomic E-state index is 13.2. The molecule has 2 aromatic rings. The van der Waals surface area contributed by atoms with Gasteiger partial charge in [0.2, 0.25) is 0 Å². The molecule has 0 saturated heterocycles. The van der Waals surface area contributed by atoms with Crippen LogP contribution in [0.2, 0.25) is 5.02 Å². The zero-order valence-corrected chi connectivity index (χ0v) is 16.8. The van der Waals surface area contributed by atoms with E-state index in [4.69, 9.17) is 16.3 Å². The Bertz CT molecular complexity index is 809. The van der Waals surface area contributed by atoms with Crippen LogP contribution in [-0.4, -0.2) is 30.5 Å². The quantitative estimate of drug-likeness (QED) is 0.684. The van der Waals surface area contributed by atoms with Crippen molar-refractivity contribution in [3.8, 4) is 5.75 Å². The van der Waals surface area contributed by atoms with Gasteiger partial charge in [-0.3, -0.25) is 9.69 Å². The highest BCUT2D eigenvalue weighted by molar-refractivity contribution is 6.30. The summed E-state index contributed by atoms with van der Waals surface area (Å²) in [6.45, 7) is 0.615. The normalized spacial score (nSPS) is 14.9. The van der Waals surface area contributed by atoms with E-state index < -0.39 is 5.82 Å². The predicted molar refractivity (Wildman–Crippen MR) is 110 cm³/mol. The van der Waals surface area contributed by atoms with Crippen molar-refractivity contribution >= 4 is 23.2 Å². The van der Waals surface area contributed by atoms with Crippen LogP contribution in [0.25, 0.3) is 0 Å². The van der Waals surface area contributed by atoms with Gasteiger partial charge in [0.25, 0.3) is 5.91 Å². The number of ether oxygens (including phenoxy) is 1. The van der Waals surface area contributed by atoms with Crippen LogP contribution in [0.5, 0.6) is 5.75 Å². The molecule has 150 valence electrons.